The lowest BCUT2D eigenvalue weighted by molar-refractivity contribution is -0.159. The first-order valence-corrected chi connectivity index (χ1v) is 7.04. The van der Waals surface area contributed by atoms with Crippen LogP contribution in [0.5, 0.6) is 0 Å². The Balaban J connectivity index is 1.93. The molecule has 0 radical (unpaired) electrons. The van der Waals surface area contributed by atoms with Gasteiger partial charge in [-0.2, -0.15) is 0 Å². The SMILES string of the molecule is O=C(O)C1CCN(C(=O)CC2CNCCO2)CC1C(=O)O. The van der Waals surface area contributed by atoms with E-state index in [0.29, 0.717) is 13.2 Å². The Labute approximate surface area is 122 Å². The Hall–Kier alpha value is -1.67. The molecule has 0 aliphatic carbocycles. The molecule has 2 aliphatic rings. The third-order valence-electron chi connectivity index (χ3n) is 4.01. The fourth-order valence-corrected chi connectivity index (χ4v) is 2.80. The van der Waals surface area contributed by atoms with Gasteiger partial charge < -0.3 is 25.2 Å². The quantitative estimate of drug-likeness (QED) is 0.609. The van der Waals surface area contributed by atoms with E-state index >= 15 is 0 Å². The second-order valence-electron chi connectivity index (χ2n) is 5.42. The number of nitrogens with zero attached hydrogens (tertiary/aromatic N) is 1. The minimum absolute atomic E-state index is 0.0503. The molecule has 2 rings (SSSR count). The number of carboxylic acids is 2. The maximum Gasteiger partial charge on any atom is 0.309 e. The molecule has 2 saturated heterocycles. The predicted octanol–water partition coefficient (Wildman–Crippen LogP) is -1.00. The molecular weight excluding hydrogens is 280 g/mol. The van der Waals surface area contributed by atoms with E-state index in [-0.39, 0.29) is 37.9 Å². The van der Waals surface area contributed by atoms with Crippen molar-refractivity contribution < 1.29 is 29.3 Å². The summed E-state index contributed by atoms with van der Waals surface area (Å²) in [6.07, 6.45) is 0.158. The molecule has 2 heterocycles. The Morgan fingerprint density at radius 3 is 2.48 bits per heavy atom. The van der Waals surface area contributed by atoms with Crippen LogP contribution in [0.4, 0.5) is 0 Å². The summed E-state index contributed by atoms with van der Waals surface area (Å²) < 4.78 is 5.45. The summed E-state index contributed by atoms with van der Waals surface area (Å²) in [7, 11) is 0. The molecule has 3 atom stereocenters. The monoisotopic (exact) mass is 300 g/mol. The number of carbonyl (C=O) groups excluding carboxylic acids is 1. The molecule has 0 aromatic carbocycles. The molecule has 2 aliphatic heterocycles. The molecule has 0 aromatic heterocycles. The van der Waals surface area contributed by atoms with Crippen LogP contribution in [0.25, 0.3) is 0 Å². The van der Waals surface area contributed by atoms with Crippen LogP contribution in [-0.2, 0) is 19.1 Å². The topological polar surface area (TPSA) is 116 Å². The summed E-state index contributed by atoms with van der Waals surface area (Å²) in [5.41, 5.74) is 0. The fourth-order valence-electron chi connectivity index (χ4n) is 2.80. The largest absolute Gasteiger partial charge is 0.481 e. The number of aliphatic carboxylic acids is 2. The average molecular weight is 300 g/mol. The van der Waals surface area contributed by atoms with Gasteiger partial charge in [0.2, 0.25) is 5.91 Å². The molecule has 0 aromatic rings. The molecule has 8 nitrogen and oxygen atoms in total. The van der Waals surface area contributed by atoms with Crippen molar-refractivity contribution in [2.24, 2.45) is 11.8 Å². The third kappa shape index (κ3) is 3.92. The number of hydrogen-bond acceptors (Lipinski definition) is 5. The number of morpholine rings is 1. The lowest BCUT2D eigenvalue weighted by atomic mass is 9.85. The van der Waals surface area contributed by atoms with E-state index in [9.17, 15) is 14.4 Å². The highest BCUT2D eigenvalue weighted by atomic mass is 16.5. The number of carbonyl (C=O) groups is 3. The lowest BCUT2D eigenvalue weighted by Gasteiger charge is -2.35. The lowest BCUT2D eigenvalue weighted by Crippen LogP contribution is -2.50. The average Bonchev–Trinajstić information content (AvgIpc) is 2.47. The second kappa shape index (κ2) is 6.86. The summed E-state index contributed by atoms with van der Waals surface area (Å²) in [6, 6.07) is 0. The van der Waals surface area contributed by atoms with E-state index in [2.05, 4.69) is 5.32 Å². The molecular formula is C13H20N2O6. The summed E-state index contributed by atoms with van der Waals surface area (Å²) in [5, 5.41) is 21.3. The van der Waals surface area contributed by atoms with E-state index in [4.69, 9.17) is 14.9 Å². The molecule has 8 heteroatoms. The van der Waals surface area contributed by atoms with Crippen molar-refractivity contribution in [1.82, 2.24) is 10.2 Å². The summed E-state index contributed by atoms with van der Waals surface area (Å²) in [4.78, 5) is 35.9. The zero-order valence-electron chi connectivity index (χ0n) is 11.7. The van der Waals surface area contributed by atoms with Crippen molar-refractivity contribution in [1.29, 1.82) is 0 Å². The number of hydrogen-bond donors (Lipinski definition) is 3. The molecule has 0 bridgehead atoms. The molecule has 3 N–H and O–H groups in total. The highest BCUT2D eigenvalue weighted by molar-refractivity contribution is 5.82. The number of rotatable bonds is 4. The first kappa shape index (κ1) is 15.7. The first-order valence-electron chi connectivity index (χ1n) is 7.04. The van der Waals surface area contributed by atoms with Gasteiger partial charge in [0.05, 0.1) is 31.0 Å². The van der Waals surface area contributed by atoms with Crippen LogP contribution in [0.2, 0.25) is 0 Å². The Bertz CT molecular complexity index is 421. The van der Waals surface area contributed by atoms with E-state index in [1.54, 1.807) is 0 Å². The normalized spacial score (nSPS) is 29.9. The maximum absolute atomic E-state index is 12.2. The molecule has 118 valence electrons. The summed E-state index contributed by atoms with van der Waals surface area (Å²) >= 11 is 0. The van der Waals surface area contributed by atoms with Crippen molar-refractivity contribution in [2.45, 2.75) is 18.9 Å². The van der Waals surface area contributed by atoms with Gasteiger partial charge in [0.15, 0.2) is 0 Å². The number of nitrogens with one attached hydrogen (secondary N) is 1. The van der Waals surface area contributed by atoms with Gasteiger partial charge in [-0.3, -0.25) is 14.4 Å². The van der Waals surface area contributed by atoms with Crippen molar-refractivity contribution in [3.63, 3.8) is 0 Å². The molecule has 0 spiro atoms. The van der Waals surface area contributed by atoms with Crippen molar-refractivity contribution >= 4 is 17.8 Å². The number of amides is 1. The number of ether oxygens (including phenoxy) is 1. The summed E-state index contributed by atoms with van der Waals surface area (Å²) in [6.45, 7) is 2.14. The van der Waals surface area contributed by atoms with Gasteiger partial charge in [-0.05, 0) is 6.42 Å². The van der Waals surface area contributed by atoms with Crippen molar-refractivity contribution in [3.05, 3.63) is 0 Å². The number of piperidine rings is 1. The standard InChI is InChI=1S/C13H20N2O6/c16-11(5-8-6-14-2-4-21-8)15-3-1-9(12(17)18)10(7-15)13(19)20/h8-10,14H,1-7H2,(H,17,18)(H,19,20). The van der Waals surface area contributed by atoms with Crippen molar-refractivity contribution in [2.75, 3.05) is 32.8 Å². The Morgan fingerprint density at radius 1 is 1.19 bits per heavy atom. The smallest absolute Gasteiger partial charge is 0.309 e. The van der Waals surface area contributed by atoms with Gasteiger partial charge in [-0.1, -0.05) is 0 Å². The van der Waals surface area contributed by atoms with Crippen LogP contribution in [-0.4, -0.2) is 71.8 Å². The molecule has 3 unspecified atom stereocenters. The van der Waals surface area contributed by atoms with Crippen LogP contribution < -0.4 is 5.32 Å². The van der Waals surface area contributed by atoms with Crippen LogP contribution in [0, 0.1) is 11.8 Å². The highest BCUT2D eigenvalue weighted by Gasteiger charge is 2.40. The van der Waals surface area contributed by atoms with Gasteiger partial charge in [-0.15, -0.1) is 0 Å². The highest BCUT2D eigenvalue weighted by Crippen LogP contribution is 2.25. The van der Waals surface area contributed by atoms with Gasteiger partial charge in [0, 0.05) is 26.2 Å². The van der Waals surface area contributed by atoms with E-state index in [1.807, 2.05) is 0 Å². The predicted molar refractivity (Wildman–Crippen MR) is 70.7 cm³/mol. The first-order chi connectivity index (χ1) is 9.99. The zero-order chi connectivity index (χ0) is 15.4. The van der Waals surface area contributed by atoms with Crippen LogP contribution in [0.1, 0.15) is 12.8 Å². The third-order valence-corrected chi connectivity index (χ3v) is 4.01. The van der Waals surface area contributed by atoms with E-state index < -0.39 is 23.8 Å². The molecule has 2 fully saturated rings. The Kier molecular flexibility index (Phi) is 5.13. The fraction of sp³-hybridized carbons (Fsp3) is 0.769. The zero-order valence-corrected chi connectivity index (χ0v) is 11.7. The van der Waals surface area contributed by atoms with Crippen LogP contribution in [0.3, 0.4) is 0 Å². The van der Waals surface area contributed by atoms with Crippen molar-refractivity contribution in [3.8, 4) is 0 Å². The second-order valence-corrected chi connectivity index (χ2v) is 5.42. The molecule has 0 saturated carbocycles. The summed E-state index contributed by atoms with van der Waals surface area (Å²) in [5.74, 6) is -4.45. The van der Waals surface area contributed by atoms with E-state index in [1.165, 1.54) is 4.90 Å². The van der Waals surface area contributed by atoms with Gasteiger partial charge in [0.25, 0.3) is 0 Å². The van der Waals surface area contributed by atoms with Gasteiger partial charge >= 0.3 is 11.9 Å². The van der Waals surface area contributed by atoms with Crippen LogP contribution in [0.15, 0.2) is 0 Å². The van der Waals surface area contributed by atoms with Gasteiger partial charge in [0.1, 0.15) is 0 Å². The minimum atomic E-state index is -1.17. The van der Waals surface area contributed by atoms with E-state index in [0.717, 1.165) is 6.54 Å². The number of likely N-dealkylation sites (tertiary alicyclic amines) is 1. The Morgan fingerprint density at radius 2 is 1.90 bits per heavy atom. The van der Waals surface area contributed by atoms with Crippen LogP contribution >= 0.6 is 0 Å². The minimum Gasteiger partial charge on any atom is -0.481 e. The number of carboxylic acid groups (broad SMARTS) is 2. The maximum atomic E-state index is 12.2. The molecule has 1 amide bonds. The molecule has 21 heavy (non-hydrogen) atoms. The van der Waals surface area contributed by atoms with Gasteiger partial charge in [-0.25, -0.2) is 0 Å².